The van der Waals surface area contributed by atoms with E-state index in [1.54, 1.807) is 12.1 Å². The summed E-state index contributed by atoms with van der Waals surface area (Å²) >= 11 is 9.40. The van der Waals surface area contributed by atoms with Crippen LogP contribution in [0.2, 0.25) is 5.02 Å². The molecule has 0 N–H and O–H groups in total. The third-order valence-electron chi connectivity index (χ3n) is 3.47. The maximum atomic E-state index is 12.2. The van der Waals surface area contributed by atoms with Crippen molar-refractivity contribution in [1.82, 2.24) is 4.90 Å². The Morgan fingerprint density at radius 3 is 2.65 bits per heavy atom. The SMILES string of the molecule is CC1CC(C)CN(C(=O)COc2ccc(Br)cc2Cl)C1. The van der Waals surface area contributed by atoms with Crippen LogP contribution >= 0.6 is 27.5 Å². The lowest BCUT2D eigenvalue weighted by molar-refractivity contribution is -0.136. The molecule has 1 aliphatic heterocycles. The average Bonchev–Trinajstić information content (AvgIpc) is 2.36. The molecule has 1 fully saturated rings. The Balaban J connectivity index is 1.91. The first-order chi connectivity index (χ1) is 9.45. The van der Waals surface area contributed by atoms with Gasteiger partial charge in [-0.15, -0.1) is 0 Å². The molecule has 0 aliphatic carbocycles. The van der Waals surface area contributed by atoms with Gasteiger partial charge in [0.05, 0.1) is 5.02 Å². The Labute approximate surface area is 133 Å². The quantitative estimate of drug-likeness (QED) is 0.816. The molecule has 20 heavy (non-hydrogen) atoms. The van der Waals surface area contributed by atoms with E-state index in [9.17, 15) is 4.79 Å². The van der Waals surface area contributed by atoms with Crippen molar-refractivity contribution in [2.45, 2.75) is 20.3 Å². The molecule has 1 heterocycles. The van der Waals surface area contributed by atoms with E-state index in [1.807, 2.05) is 11.0 Å². The molecule has 1 amide bonds. The minimum Gasteiger partial charge on any atom is -0.482 e. The molecule has 1 saturated heterocycles. The highest BCUT2D eigenvalue weighted by molar-refractivity contribution is 9.10. The van der Waals surface area contributed by atoms with Gasteiger partial charge in [-0.1, -0.05) is 41.4 Å². The standard InChI is InChI=1S/C15H19BrClNO2/c1-10-5-11(2)8-18(7-10)15(19)9-20-14-4-3-12(16)6-13(14)17/h3-4,6,10-11H,5,7-9H2,1-2H3. The second-order valence-electron chi connectivity index (χ2n) is 5.61. The summed E-state index contributed by atoms with van der Waals surface area (Å²) in [5.41, 5.74) is 0. The van der Waals surface area contributed by atoms with Gasteiger partial charge in [0.25, 0.3) is 5.91 Å². The molecule has 0 spiro atoms. The first kappa shape index (κ1) is 15.6. The van der Waals surface area contributed by atoms with E-state index in [0.29, 0.717) is 22.6 Å². The molecular weight excluding hydrogens is 342 g/mol. The van der Waals surface area contributed by atoms with E-state index in [1.165, 1.54) is 6.42 Å². The van der Waals surface area contributed by atoms with Gasteiger partial charge in [0.15, 0.2) is 6.61 Å². The minimum absolute atomic E-state index is 0.0300. The van der Waals surface area contributed by atoms with Gasteiger partial charge < -0.3 is 9.64 Å². The summed E-state index contributed by atoms with van der Waals surface area (Å²) < 4.78 is 6.42. The van der Waals surface area contributed by atoms with Crippen LogP contribution in [0, 0.1) is 11.8 Å². The number of hydrogen-bond donors (Lipinski definition) is 0. The number of halogens is 2. The summed E-state index contributed by atoms with van der Waals surface area (Å²) in [7, 11) is 0. The summed E-state index contributed by atoms with van der Waals surface area (Å²) in [5.74, 6) is 1.68. The van der Waals surface area contributed by atoms with Gasteiger partial charge in [-0.2, -0.15) is 0 Å². The molecule has 1 aromatic rings. The molecule has 2 atom stereocenters. The lowest BCUT2D eigenvalue weighted by Crippen LogP contribution is -2.44. The van der Waals surface area contributed by atoms with E-state index in [-0.39, 0.29) is 12.5 Å². The minimum atomic E-state index is 0.0300. The highest BCUT2D eigenvalue weighted by Gasteiger charge is 2.25. The molecule has 0 bridgehead atoms. The highest BCUT2D eigenvalue weighted by Crippen LogP contribution is 2.28. The van der Waals surface area contributed by atoms with Crippen molar-refractivity contribution in [1.29, 1.82) is 0 Å². The molecule has 1 aromatic carbocycles. The summed E-state index contributed by atoms with van der Waals surface area (Å²) in [6.45, 7) is 6.05. The van der Waals surface area contributed by atoms with Crippen molar-refractivity contribution in [2.24, 2.45) is 11.8 Å². The number of carbonyl (C=O) groups is 1. The van der Waals surface area contributed by atoms with Crippen LogP contribution in [-0.4, -0.2) is 30.5 Å². The highest BCUT2D eigenvalue weighted by atomic mass is 79.9. The predicted molar refractivity (Wildman–Crippen MR) is 84.2 cm³/mol. The fourth-order valence-corrected chi connectivity index (χ4v) is 3.42. The smallest absolute Gasteiger partial charge is 0.260 e. The van der Waals surface area contributed by atoms with Crippen LogP contribution in [0.4, 0.5) is 0 Å². The van der Waals surface area contributed by atoms with E-state index in [2.05, 4.69) is 29.8 Å². The topological polar surface area (TPSA) is 29.5 Å². The maximum absolute atomic E-state index is 12.2. The van der Waals surface area contributed by atoms with E-state index in [4.69, 9.17) is 16.3 Å². The van der Waals surface area contributed by atoms with Crippen molar-refractivity contribution in [3.05, 3.63) is 27.7 Å². The molecule has 110 valence electrons. The number of nitrogens with zero attached hydrogens (tertiary/aromatic N) is 1. The van der Waals surface area contributed by atoms with Crippen molar-refractivity contribution in [3.8, 4) is 5.75 Å². The number of benzene rings is 1. The zero-order chi connectivity index (χ0) is 14.7. The van der Waals surface area contributed by atoms with Crippen molar-refractivity contribution in [3.63, 3.8) is 0 Å². The molecule has 1 aliphatic rings. The average molecular weight is 361 g/mol. The molecule has 2 unspecified atom stereocenters. The molecule has 5 heteroatoms. The molecule has 0 aromatic heterocycles. The lowest BCUT2D eigenvalue weighted by atomic mass is 9.92. The zero-order valence-corrected chi connectivity index (χ0v) is 14.1. The zero-order valence-electron chi connectivity index (χ0n) is 11.7. The number of ether oxygens (including phenoxy) is 1. The first-order valence-electron chi connectivity index (χ1n) is 6.81. The monoisotopic (exact) mass is 359 g/mol. The number of likely N-dealkylation sites (tertiary alicyclic amines) is 1. The van der Waals surface area contributed by atoms with Gasteiger partial charge in [0, 0.05) is 17.6 Å². The van der Waals surface area contributed by atoms with E-state index in [0.717, 1.165) is 17.6 Å². The van der Waals surface area contributed by atoms with Crippen LogP contribution in [0.25, 0.3) is 0 Å². The summed E-state index contributed by atoms with van der Waals surface area (Å²) in [4.78, 5) is 14.1. The molecule has 0 saturated carbocycles. The van der Waals surface area contributed by atoms with E-state index >= 15 is 0 Å². The van der Waals surface area contributed by atoms with Crippen molar-refractivity contribution in [2.75, 3.05) is 19.7 Å². The lowest BCUT2D eigenvalue weighted by Gasteiger charge is -2.34. The summed E-state index contributed by atoms with van der Waals surface area (Å²) in [6.07, 6.45) is 1.18. The Bertz CT molecular complexity index is 485. The second-order valence-corrected chi connectivity index (χ2v) is 6.93. The number of carbonyl (C=O) groups excluding carboxylic acids is 1. The van der Waals surface area contributed by atoms with Crippen molar-refractivity contribution >= 4 is 33.4 Å². The Morgan fingerprint density at radius 2 is 2.05 bits per heavy atom. The predicted octanol–water partition coefficient (Wildman–Crippen LogP) is 3.99. The normalized spacial score (nSPS) is 22.7. The van der Waals surface area contributed by atoms with Crippen LogP contribution in [0.15, 0.2) is 22.7 Å². The van der Waals surface area contributed by atoms with Crippen LogP contribution in [0.1, 0.15) is 20.3 Å². The van der Waals surface area contributed by atoms with Gasteiger partial charge in [-0.05, 0) is 36.5 Å². The van der Waals surface area contributed by atoms with Gasteiger partial charge in [0.1, 0.15) is 5.75 Å². The van der Waals surface area contributed by atoms with Gasteiger partial charge in [-0.3, -0.25) is 4.79 Å². The van der Waals surface area contributed by atoms with Gasteiger partial charge in [-0.25, -0.2) is 0 Å². The maximum Gasteiger partial charge on any atom is 0.260 e. The van der Waals surface area contributed by atoms with Gasteiger partial charge in [0.2, 0.25) is 0 Å². The summed E-state index contributed by atoms with van der Waals surface area (Å²) in [6, 6.07) is 5.37. The first-order valence-corrected chi connectivity index (χ1v) is 7.98. The number of piperidine rings is 1. The fourth-order valence-electron chi connectivity index (χ4n) is 2.69. The number of hydrogen-bond acceptors (Lipinski definition) is 2. The Hall–Kier alpha value is -0.740. The van der Waals surface area contributed by atoms with E-state index < -0.39 is 0 Å². The molecular formula is C15H19BrClNO2. The third kappa shape index (κ3) is 4.13. The number of amides is 1. The molecule has 0 radical (unpaired) electrons. The number of rotatable bonds is 3. The van der Waals surface area contributed by atoms with Crippen LogP contribution in [0.3, 0.4) is 0 Å². The van der Waals surface area contributed by atoms with Gasteiger partial charge >= 0.3 is 0 Å². The van der Waals surface area contributed by atoms with Crippen LogP contribution in [0.5, 0.6) is 5.75 Å². The molecule has 2 rings (SSSR count). The fraction of sp³-hybridized carbons (Fsp3) is 0.533. The molecule has 3 nitrogen and oxygen atoms in total. The van der Waals surface area contributed by atoms with Crippen LogP contribution < -0.4 is 4.74 Å². The summed E-state index contributed by atoms with van der Waals surface area (Å²) in [5, 5.41) is 0.507. The van der Waals surface area contributed by atoms with Crippen molar-refractivity contribution < 1.29 is 9.53 Å². The Kier molecular flexibility index (Phi) is 5.33. The largest absolute Gasteiger partial charge is 0.482 e. The third-order valence-corrected chi connectivity index (χ3v) is 4.26. The Morgan fingerprint density at radius 1 is 1.40 bits per heavy atom. The van der Waals surface area contributed by atoms with Crippen LogP contribution in [-0.2, 0) is 4.79 Å². The second kappa shape index (κ2) is 6.81.